The molecule has 1 aromatic heterocycles. The summed E-state index contributed by atoms with van der Waals surface area (Å²) in [7, 11) is 0. The van der Waals surface area contributed by atoms with Gasteiger partial charge >= 0.3 is 0 Å². The molecule has 2 rings (SSSR count). The van der Waals surface area contributed by atoms with Crippen LogP contribution >= 0.6 is 15.9 Å². The summed E-state index contributed by atoms with van der Waals surface area (Å²) in [5.74, 6) is 0.902. The fraction of sp³-hybridized carbons (Fsp3) is 0.357. The van der Waals surface area contributed by atoms with Crippen molar-refractivity contribution in [2.75, 3.05) is 11.9 Å². The molecule has 0 aliphatic rings. The molecule has 96 valence electrons. The number of nitrogens with zero attached hydrogens (tertiary/aromatic N) is 2. The summed E-state index contributed by atoms with van der Waals surface area (Å²) < 4.78 is 3.17. The highest BCUT2D eigenvalue weighted by Gasteiger charge is 2.09. The zero-order valence-corrected chi connectivity index (χ0v) is 12.6. The van der Waals surface area contributed by atoms with E-state index in [2.05, 4.69) is 62.8 Å². The van der Waals surface area contributed by atoms with E-state index in [1.54, 1.807) is 0 Å². The van der Waals surface area contributed by atoms with Crippen LogP contribution in [-0.2, 0) is 0 Å². The highest BCUT2D eigenvalue weighted by atomic mass is 79.9. The maximum atomic E-state index is 4.52. The van der Waals surface area contributed by atoms with Crippen molar-refractivity contribution in [2.45, 2.75) is 27.2 Å². The van der Waals surface area contributed by atoms with Gasteiger partial charge in [0.1, 0.15) is 0 Å². The first kappa shape index (κ1) is 13.1. The lowest BCUT2D eigenvalue weighted by molar-refractivity contribution is 0.935. The number of benzene rings is 1. The van der Waals surface area contributed by atoms with Gasteiger partial charge in [0.2, 0.25) is 5.95 Å². The first-order valence-electron chi connectivity index (χ1n) is 6.18. The Labute approximate surface area is 116 Å². The molecular formula is C14H18BrN3. The molecule has 1 aromatic carbocycles. The summed E-state index contributed by atoms with van der Waals surface area (Å²) in [6.45, 7) is 7.18. The molecule has 0 unspecified atom stereocenters. The fourth-order valence-corrected chi connectivity index (χ4v) is 2.53. The van der Waals surface area contributed by atoms with Gasteiger partial charge in [-0.05, 0) is 53.9 Å². The molecule has 0 atom stereocenters. The minimum Gasteiger partial charge on any atom is -0.355 e. The SMILES string of the molecule is CCCNc1nc(C)cn1-c1ccc(C)cc1Br. The number of hydrogen-bond donors (Lipinski definition) is 1. The third kappa shape index (κ3) is 2.75. The van der Waals surface area contributed by atoms with Crippen molar-refractivity contribution in [3.63, 3.8) is 0 Å². The third-order valence-electron chi connectivity index (χ3n) is 2.72. The van der Waals surface area contributed by atoms with Gasteiger partial charge in [-0.2, -0.15) is 0 Å². The van der Waals surface area contributed by atoms with Crippen LogP contribution in [0.5, 0.6) is 0 Å². The summed E-state index contributed by atoms with van der Waals surface area (Å²) in [5.41, 5.74) is 3.37. The molecular weight excluding hydrogens is 290 g/mol. The number of anilines is 1. The van der Waals surface area contributed by atoms with Crippen molar-refractivity contribution in [3.05, 3.63) is 40.1 Å². The van der Waals surface area contributed by atoms with Gasteiger partial charge < -0.3 is 5.32 Å². The van der Waals surface area contributed by atoms with E-state index < -0.39 is 0 Å². The van der Waals surface area contributed by atoms with E-state index in [1.165, 1.54) is 5.56 Å². The lowest BCUT2D eigenvalue weighted by Gasteiger charge is -2.11. The molecule has 0 aliphatic carbocycles. The van der Waals surface area contributed by atoms with Gasteiger partial charge in [0.25, 0.3) is 0 Å². The average molecular weight is 308 g/mol. The molecule has 0 radical (unpaired) electrons. The quantitative estimate of drug-likeness (QED) is 0.922. The van der Waals surface area contributed by atoms with Crippen molar-refractivity contribution >= 4 is 21.9 Å². The van der Waals surface area contributed by atoms with Crippen LogP contribution in [0.25, 0.3) is 5.69 Å². The van der Waals surface area contributed by atoms with E-state index in [0.29, 0.717) is 0 Å². The summed E-state index contributed by atoms with van der Waals surface area (Å²) in [5, 5.41) is 3.36. The van der Waals surface area contributed by atoms with Crippen LogP contribution in [0.2, 0.25) is 0 Å². The highest BCUT2D eigenvalue weighted by Crippen LogP contribution is 2.25. The fourth-order valence-electron chi connectivity index (χ4n) is 1.85. The Balaban J connectivity index is 2.42. The van der Waals surface area contributed by atoms with Gasteiger partial charge in [-0.25, -0.2) is 4.98 Å². The maximum absolute atomic E-state index is 4.52. The normalized spacial score (nSPS) is 10.7. The lowest BCUT2D eigenvalue weighted by Crippen LogP contribution is -2.07. The van der Waals surface area contributed by atoms with Crippen LogP contribution in [0.4, 0.5) is 5.95 Å². The molecule has 1 N–H and O–H groups in total. The summed E-state index contributed by atoms with van der Waals surface area (Å²) in [4.78, 5) is 4.52. The Morgan fingerprint density at radius 1 is 1.33 bits per heavy atom. The summed E-state index contributed by atoms with van der Waals surface area (Å²) >= 11 is 3.62. The molecule has 0 fully saturated rings. The molecule has 2 aromatic rings. The number of aromatic nitrogens is 2. The lowest BCUT2D eigenvalue weighted by atomic mass is 10.2. The van der Waals surface area contributed by atoms with Crippen molar-refractivity contribution in [2.24, 2.45) is 0 Å². The van der Waals surface area contributed by atoms with Crippen molar-refractivity contribution in [3.8, 4) is 5.69 Å². The van der Waals surface area contributed by atoms with Gasteiger partial charge in [-0.15, -0.1) is 0 Å². The number of imidazole rings is 1. The second kappa shape index (κ2) is 5.57. The number of nitrogens with one attached hydrogen (secondary N) is 1. The van der Waals surface area contributed by atoms with Gasteiger partial charge in [-0.3, -0.25) is 4.57 Å². The third-order valence-corrected chi connectivity index (χ3v) is 3.36. The summed E-state index contributed by atoms with van der Waals surface area (Å²) in [6, 6.07) is 6.34. The predicted molar refractivity (Wildman–Crippen MR) is 79.5 cm³/mol. The molecule has 0 spiro atoms. The van der Waals surface area contributed by atoms with Gasteiger partial charge in [-0.1, -0.05) is 13.0 Å². The Morgan fingerprint density at radius 2 is 2.11 bits per heavy atom. The molecule has 0 aliphatic heterocycles. The van der Waals surface area contributed by atoms with E-state index in [0.717, 1.165) is 34.8 Å². The van der Waals surface area contributed by atoms with Crippen LogP contribution in [0.3, 0.4) is 0 Å². The second-order valence-electron chi connectivity index (χ2n) is 4.46. The first-order chi connectivity index (χ1) is 8.61. The zero-order chi connectivity index (χ0) is 13.1. The topological polar surface area (TPSA) is 29.9 Å². The highest BCUT2D eigenvalue weighted by molar-refractivity contribution is 9.10. The largest absolute Gasteiger partial charge is 0.355 e. The van der Waals surface area contributed by atoms with E-state index in [4.69, 9.17) is 0 Å². The minimum atomic E-state index is 0.902. The molecule has 0 bridgehead atoms. The Bertz CT molecular complexity index is 546. The van der Waals surface area contributed by atoms with Crippen molar-refractivity contribution < 1.29 is 0 Å². The van der Waals surface area contributed by atoms with E-state index >= 15 is 0 Å². The second-order valence-corrected chi connectivity index (χ2v) is 5.31. The average Bonchev–Trinajstić information content (AvgIpc) is 2.67. The van der Waals surface area contributed by atoms with E-state index in [-0.39, 0.29) is 0 Å². The first-order valence-corrected chi connectivity index (χ1v) is 6.97. The van der Waals surface area contributed by atoms with Gasteiger partial charge in [0.15, 0.2) is 0 Å². The van der Waals surface area contributed by atoms with Crippen LogP contribution in [0.1, 0.15) is 24.6 Å². The van der Waals surface area contributed by atoms with Crippen LogP contribution < -0.4 is 5.32 Å². The molecule has 0 saturated carbocycles. The number of rotatable bonds is 4. The van der Waals surface area contributed by atoms with E-state index in [9.17, 15) is 0 Å². The maximum Gasteiger partial charge on any atom is 0.207 e. The molecule has 0 amide bonds. The standard InChI is InChI=1S/C14H18BrN3/c1-4-7-16-14-17-11(3)9-18(14)13-6-5-10(2)8-12(13)15/h5-6,8-9H,4,7H2,1-3H3,(H,16,17). The summed E-state index contributed by atoms with van der Waals surface area (Å²) in [6.07, 6.45) is 3.13. The van der Waals surface area contributed by atoms with E-state index in [1.807, 2.05) is 13.1 Å². The number of halogens is 1. The van der Waals surface area contributed by atoms with Gasteiger partial charge in [0, 0.05) is 17.2 Å². The molecule has 1 heterocycles. The molecule has 3 nitrogen and oxygen atoms in total. The monoisotopic (exact) mass is 307 g/mol. The minimum absolute atomic E-state index is 0.902. The van der Waals surface area contributed by atoms with Crippen molar-refractivity contribution in [1.82, 2.24) is 9.55 Å². The van der Waals surface area contributed by atoms with Crippen LogP contribution in [0, 0.1) is 13.8 Å². The smallest absolute Gasteiger partial charge is 0.207 e. The Kier molecular flexibility index (Phi) is 4.07. The number of aryl methyl sites for hydroxylation is 2. The Morgan fingerprint density at radius 3 is 2.78 bits per heavy atom. The van der Waals surface area contributed by atoms with Crippen LogP contribution in [-0.4, -0.2) is 16.1 Å². The molecule has 18 heavy (non-hydrogen) atoms. The zero-order valence-electron chi connectivity index (χ0n) is 11.0. The van der Waals surface area contributed by atoms with Crippen molar-refractivity contribution in [1.29, 1.82) is 0 Å². The molecule has 0 saturated heterocycles. The number of hydrogen-bond acceptors (Lipinski definition) is 2. The predicted octanol–water partition coefficient (Wildman–Crippen LogP) is 4.07. The Hall–Kier alpha value is -1.29. The van der Waals surface area contributed by atoms with Gasteiger partial charge in [0.05, 0.1) is 11.4 Å². The van der Waals surface area contributed by atoms with Crippen LogP contribution in [0.15, 0.2) is 28.9 Å². The molecule has 4 heteroatoms.